The van der Waals surface area contributed by atoms with Gasteiger partial charge in [0.1, 0.15) is 0 Å². The second kappa shape index (κ2) is 7.43. The predicted octanol–water partition coefficient (Wildman–Crippen LogP) is 4.32. The maximum absolute atomic E-state index is 12.6. The van der Waals surface area contributed by atoms with Gasteiger partial charge >= 0.3 is 0 Å². The lowest BCUT2D eigenvalue weighted by Crippen LogP contribution is -2.30. The van der Waals surface area contributed by atoms with Gasteiger partial charge < -0.3 is 4.90 Å². The molecule has 0 radical (unpaired) electrons. The lowest BCUT2D eigenvalue weighted by atomic mass is 10.0. The monoisotopic (exact) mass is 321 g/mol. The molecule has 2 aromatic carbocycles. The van der Waals surface area contributed by atoms with E-state index in [1.165, 1.54) is 5.56 Å². The molecule has 0 aromatic heterocycles. The minimum absolute atomic E-state index is 0.0406. The van der Waals surface area contributed by atoms with E-state index >= 15 is 0 Å². The van der Waals surface area contributed by atoms with Gasteiger partial charge in [0, 0.05) is 24.9 Å². The number of carbonyl (C=O) groups is 2. The molecule has 1 amide bonds. The van der Waals surface area contributed by atoms with Crippen LogP contribution in [0.25, 0.3) is 0 Å². The van der Waals surface area contributed by atoms with Crippen LogP contribution in [0.5, 0.6) is 0 Å². The van der Waals surface area contributed by atoms with Gasteiger partial charge in [0.2, 0.25) is 5.91 Å². The summed E-state index contributed by atoms with van der Waals surface area (Å²) in [4.78, 5) is 26.8. The molecule has 3 rings (SSSR count). The van der Waals surface area contributed by atoms with Gasteiger partial charge in [0.15, 0.2) is 5.78 Å². The average Bonchev–Trinajstić information content (AvgIpc) is 3.10. The summed E-state index contributed by atoms with van der Waals surface area (Å²) in [5.41, 5.74) is 3.01. The van der Waals surface area contributed by atoms with Gasteiger partial charge in [-0.05, 0) is 25.3 Å². The van der Waals surface area contributed by atoms with Crippen molar-refractivity contribution < 1.29 is 9.59 Å². The van der Waals surface area contributed by atoms with E-state index in [9.17, 15) is 9.59 Å². The molecule has 1 fully saturated rings. The van der Waals surface area contributed by atoms with Crippen LogP contribution in [-0.4, -0.2) is 23.1 Å². The molecule has 1 aliphatic heterocycles. The number of carbonyl (C=O) groups excluding carboxylic acids is 2. The summed E-state index contributed by atoms with van der Waals surface area (Å²) in [5.74, 6) is 0.126. The molecule has 3 nitrogen and oxygen atoms in total. The number of amides is 1. The van der Waals surface area contributed by atoms with E-state index in [4.69, 9.17) is 0 Å². The zero-order chi connectivity index (χ0) is 16.9. The second-order valence-electron chi connectivity index (χ2n) is 6.45. The van der Waals surface area contributed by atoms with Crippen LogP contribution >= 0.6 is 0 Å². The normalized spacial score (nSPS) is 17.0. The third kappa shape index (κ3) is 3.73. The average molecular weight is 321 g/mol. The van der Waals surface area contributed by atoms with Gasteiger partial charge in [-0.1, -0.05) is 60.2 Å². The molecule has 3 heteroatoms. The topological polar surface area (TPSA) is 37.4 Å². The van der Waals surface area contributed by atoms with Crippen LogP contribution in [0.4, 0.5) is 0 Å². The van der Waals surface area contributed by atoms with E-state index in [0.717, 1.165) is 24.9 Å². The van der Waals surface area contributed by atoms with Crippen LogP contribution in [-0.2, 0) is 4.79 Å². The standard InChI is InChI=1S/C21H23NO2/c1-16-9-11-18(12-10-16)20(23)13-14-21(24)22-15-5-8-19(22)17-6-3-2-4-7-17/h2-4,6-7,9-12,19H,5,8,13-15H2,1H3. The number of aryl methyl sites for hydroxylation is 1. The fourth-order valence-electron chi connectivity index (χ4n) is 3.33. The summed E-state index contributed by atoms with van der Waals surface area (Å²) >= 11 is 0. The zero-order valence-electron chi connectivity index (χ0n) is 14.1. The van der Waals surface area contributed by atoms with Crippen molar-refractivity contribution in [2.45, 2.75) is 38.6 Å². The van der Waals surface area contributed by atoms with Crippen molar-refractivity contribution in [3.8, 4) is 0 Å². The number of ketones is 1. The smallest absolute Gasteiger partial charge is 0.223 e. The predicted molar refractivity (Wildman–Crippen MR) is 94.9 cm³/mol. The molecule has 0 N–H and O–H groups in total. The molecule has 124 valence electrons. The lowest BCUT2D eigenvalue weighted by molar-refractivity contribution is -0.132. The Bertz CT molecular complexity index is 706. The Hall–Kier alpha value is -2.42. The number of rotatable bonds is 5. The van der Waals surface area contributed by atoms with Crippen LogP contribution in [0.15, 0.2) is 54.6 Å². The van der Waals surface area contributed by atoms with Crippen molar-refractivity contribution in [3.63, 3.8) is 0 Å². The molecular formula is C21H23NO2. The Balaban J connectivity index is 1.60. The van der Waals surface area contributed by atoms with Gasteiger partial charge in [-0.15, -0.1) is 0 Å². The van der Waals surface area contributed by atoms with Gasteiger partial charge in [0.05, 0.1) is 6.04 Å². The van der Waals surface area contributed by atoms with Gasteiger partial charge in [0.25, 0.3) is 0 Å². The second-order valence-corrected chi connectivity index (χ2v) is 6.45. The molecule has 1 heterocycles. The summed E-state index contributed by atoms with van der Waals surface area (Å²) in [6, 6.07) is 17.9. The van der Waals surface area contributed by atoms with Crippen LogP contribution in [0.1, 0.15) is 53.2 Å². The minimum atomic E-state index is 0.0406. The first-order chi connectivity index (χ1) is 11.6. The maximum Gasteiger partial charge on any atom is 0.223 e. The maximum atomic E-state index is 12.6. The summed E-state index contributed by atoms with van der Waals surface area (Å²) in [7, 11) is 0. The Labute approximate surface area is 143 Å². The fraction of sp³-hybridized carbons (Fsp3) is 0.333. The molecule has 0 aliphatic carbocycles. The molecule has 24 heavy (non-hydrogen) atoms. The number of hydrogen-bond acceptors (Lipinski definition) is 2. The van der Waals surface area contributed by atoms with Crippen LogP contribution in [0.3, 0.4) is 0 Å². The van der Waals surface area contributed by atoms with Gasteiger partial charge in [-0.3, -0.25) is 9.59 Å². The summed E-state index contributed by atoms with van der Waals surface area (Å²) in [6.45, 7) is 2.78. The Kier molecular flexibility index (Phi) is 5.09. The zero-order valence-corrected chi connectivity index (χ0v) is 14.1. The number of likely N-dealkylation sites (tertiary alicyclic amines) is 1. The third-order valence-electron chi connectivity index (χ3n) is 4.70. The minimum Gasteiger partial charge on any atom is -0.336 e. The largest absolute Gasteiger partial charge is 0.336 e. The first kappa shape index (κ1) is 16.4. The quantitative estimate of drug-likeness (QED) is 0.769. The van der Waals surface area contributed by atoms with Gasteiger partial charge in [-0.2, -0.15) is 0 Å². The van der Waals surface area contributed by atoms with Crippen molar-refractivity contribution >= 4 is 11.7 Å². The third-order valence-corrected chi connectivity index (χ3v) is 4.70. The van der Waals surface area contributed by atoms with E-state index in [1.54, 1.807) is 0 Å². The molecule has 1 saturated heterocycles. The van der Waals surface area contributed by atoms with E-state index in [2.05, 4.69) is 12.1 Å². The van der Waals surface area contributed by atoms with Crippen LogP contribution in [0.2, 0.25) is 0 Å². The highest BCUT2D eigenvalue weighted by Crippen LogP contribution is 2.32. The molecule has 2 aromatic rings. The van der Waals surface area contributed by atoms with Crippen molar-refractivity contribution in [2.75, 3.05) is 6.54 Å². The Morgan fingerprint density at radius 1 is 1.00 bits per heavy atom. The SMILES string of the molecule is Cc1ccc(C(=O)CCC(=O)N2CCCC2c2ccccc2)cc1. The highest BCUT2D eigenvalue weighted by Gasteiger charge is 2.29. The fourth-order valence-corrected chi connectivity index (χ4v) is 3.33. The lowest BCUT2D eigenvalue weighted by Gasteiger charge is -2.25. The summed E-state index contributed by atoms with van der Waals surface area (Å²) < 4.78 is 0. The summed E-state index contributed by atoms with van der Waals surface area (Å²) in [5, 5.41) is 0. The van der Waals surface area contributed by atoms with Crippen molar-refractivity contribution in [1.29, 1.82) is 0 Å². The van der Waals surface area contributed by atoms with Crippen molar-refractivity contribution in [3.05, 3.63) is 71.3 Å². The van der Waals surface area contributed by atoms with E-state index in [-0.39, 0.29) is 30.6 Å². The number of hydrogen-bond donors (Lipinski definition) is 0. The number of benzene rings is 2. The number of nitrogens with zero attached hydrogens (tertiary/aromatic N) is 1. The first-order valence-corrected chi connectivity index (χ1v) is 8.59. The first-order valence-electron chi connectivity index (χ1n) is 8.59. The molecule has 0 saturated carbocycles. The van der Waals surface area contributed by atoms with E-state index in [0.29, 0.717) is 5.56 Å². The molecular weight excluding hydrogens is 298 g/mol. The van der Waals surface area contributed by atoms with Crippen LogP contribution < -0.4 is 0 Å². The summed E-state index contributed by atoms with van der Waals surface area (Å²) in [6.07, 6.45) is 2.59. The highest BCUT2D eigenvalue weighted by molar-refractivity contribution is 5.98. The molecule has 1 atom stereocenters. The number of Topliss-reactive ketones (excluding diaryl/α,β-unsaturated/α-hetero) is 1. The molecule has 1 aliphatic rings. The Morgan fingerprint density at radius 2 is 1.71 bits per heavy atom. The van der Waals surface area contributed by atoms with Gasteiger partial charge in [-0.25, -0.2) is 0 Å². The highest BCUT2D eigenvalue weighted by atomic mass is 16.2. The van der Waals surface area contributed by atoms with E-state index in [1.807, 2.05) is 54.3 Å². The Morgan fingerprint density at radius 3 is 2.42 bits per heavy atom. The molecule has 0 spiro atoms. The van der Waals surface area contributed by atoms with Crippen molar-refractivity contribution in [2.24, 2.45) is 0 Å². The molecule has 1 unspecified atom stereocenters. The van der Waals surface area contributed by atoms with E-state index < -0.39 is 0 Å². The molecule has 0 bridgehead atoms. The van der Waals surface area contributed by atoms with Crippen molar-refractivity contribution in [1.82, 2.24) is 4.90 Å². The van der Waals surface area contributed by atoms with Crippen LogP contribution in [0, 0.1) is 6.92 Å².